The maximum absolute atomic E-state index is 13.7. The third-order valence-corrected chi connectivity index (χ3v) is 8.48. The average molecular weight is 576 g/mol. The Morgan fingerprint density at radius 2 is 1.98 bits per heavy atom. The molecule has 41 heavy (non-hydrogen) atoms. The molecule has 1 saturated heterocycles. The van der Waals surface area contributed by atoms with Gasteiger partial charge in [0.05, 0.1) is 23.1 Å². The van der Waals surface area contributed by atoms with Crippen molar-refractivity contribution >= 4 is 34.4 Å². The van der Waals surface area contributed by atoms with Crippen LogP contribution in [0.4, 0.5) is 0 Å². The molecule has 2 heterocycles. The van der Waals surface area contributed by atoms with Gasteiger partial charge in [0.25, 0.3) is 5.91 Å². The largest absolute Gasteiger partial charge is 0.466 e. The first-order chi connectivity index (χ1) is 19.6. The standard InChI is InChI=1S/C32H34ClN3O5/c1-20-5-3-4-12-32(20,40)13-10-24-16-23(15-22-11-14-41-27(37)18-22)17-26-29(24)36(2)35-28(30(26)38)31(39)34-19-21-6-8-25(33)9-7-21/h6-9,16-17,20,22,40H,3-5,11-12,14-15,18-19H2,1-2H3,(H,34,39)/t20-,22?,32+/m1/s1. The quantitative estimate of drug-likeness (QED) is 0.347. The number of carbonyl (C=O) groups excluding carboxylic acids is 2. The molecule has 9 heteroatoms. The number of carbonyl (C=O) groups is 2. The number of esters is 1. The lowest BCUT2D eigenvalue weighted by Gasteiger charge is -2.33. The molecular formula is C32H34ClN3O5. The highest BCUT2D eigenvalue weighted by Gasteiger charge is 2.34. The minimum atomic E-state index is -1.11. The zero-order chi connectivity index (χ0) is 29.1. The van der Waals surface area contributed by atoms with E-state index in [2.05, 4.69) is 22.3 Å². The number of fused-ring (bicyclic) bond motifs is 1. The summed E-state index contributed by atoms with van der Waals surface area (Å²) in [7, 11) is 1.68. The van der Waals surface area contributed by atoms with Crippen LogP contribution < -0.4 is 10.7 Å². The number of rotatable bonds is 5. The molecule has 214 valence electrons. The van der Waals surface area contributed by atoms with Gasteiger partial charge in [0.2, 0.25) is 5.43 Å². The van der Waals surface area contributed by atoms with Gasteiger partial charge in [0.1, 0.15) is 5.60 Å². The number of aromatic nitrogens is 2. The first kappa shape index (κ1) is 28.8. The molecule has 3 aromatic rings. The van der Waals surface area contributed by atoms with E-state index in [9.17, 15) is 19.5 Å². The molecule has 2 N–H and O–H groups in total. The number of hydrogen-bond acceptors (Lipinski definition) is 6. The van der Waals surface area contributed by atoms with Crippen molar-refractivity contribution < 1.29 is 19.4 Å². The number of amides is 1. The molecule has 1 aliphatic carbocycles. The molecule has 0 radical (unpaired) electrons. The third-order valence-electron chi connectivity index (χ3n) is 8.23. The maximum atomic E-state index is 13.7. The summed E-state index contributed by atoms with van der Waals surface area (Å²) in [4.78, 5) is 38.7. The Morgan fingerprint density at radius 1 is 1.20 bits per heavy atom. The molecule has 0 spiro atoms. The van der Waals surface area contributed by atoms with Crippen molar-refractivity contribution in [2.45, 2.75) is 64.0 Å². The van der Waals surface area contributed by atoms with Crippen LogP contribution in [-0.2, 0) is 29.5 Å². The summed E-state index contributed by atoms with van der Waals surface area (Å²) in [6, 6.07) is 10.8. The summed E-state index contributed by atoms with van der Waals surface area (Å²) < 4.78 is 6.61. The van der Waals surface area contributed by atoms with Crippen molar-refractivity contribution in [2.24, 2.45) is 18.9 Å². The van der Waals surface area contributed by atoms with Crippen molar-refractivity contribution in [1.82, 2.24) is 15.1 Å². The van der Waals surface area contributed by atoms with E-state index in [1.54, 1.807) is 37.4 Å². The van der Waals surface area contributed by atoms with Crippen LogP contribution >= 0.6 is 11.6 Å². The van der Waals surface area contributed by atoms with Crippen LogP contribution in [0.25, 0.3) is 10.9 Å². The number of ether oxygens (including phenoxy) is 1. The van der Waals surface area contributed by atoms with E-state index in [1.165, 1.54) is 4.68 Å². The molecule has 5 rings (SSSR count). The van der Waals surface area contributed by atoms with E-state index in [4.69, 9.17) is 16.3 Å². The Hall–Kier alpha value is -3.67. The fraction of sp³-hybridized carbons (Fsp3) is 0.438. The van der Waals surface area contributed by atoms with Gasteiger partial charge >= 0.3 is 5.97 Å². The highest BCUT2D eigenvalue weighted by Crippen LogP contribution is 2.33. The topological polar surface area (TPSA) is 111 Å². The van der Waals surface area contributed by atoms with Crippen molar-refractivity contribution in [3.8, 4) is 11.8 Å². The van der Waals surface area contributed by atoms with Gasteiger partial charge in [-0.1, -0.05) is 48.9 Å². The van der Waals surface area contributed by atoms with Crippen LogP contribution in [0.5, 0.6) is 0 Å². The van der Waals surface area contributed by atoms with Crippen molar-refractivity contribution in [3.05, 3.63) is 74.0 Å². The number of hydrogen-bond donors (Lipinski definition) is 2. The molecular weight excluding hydrogens is 542 g/mol. The van der Waals surface area contributed by atoms with Gasteiger partial charge in [-0.2, -0.15) is 5.10 Å². The summed E-state index contributed by atoms with van der Waals surface area (Å²) in [5.41, 5.74) is 0.900. The van der Waals surface area contributed by atoms with Gasteiger partial charge in [-0.3, -0.25) is 19.1 Å². The molecule has 8 nitrogen and oxygen atoms in total. The SMILES string of the molecule is C[C@@H]1CCCC[C@]1(O)C#Cc1cc(CC2CCOC(=O)C2)cc2c(=O)c(C(=O)NCc3ccc(Cl)cc3)nn(C)c12. The molecule has 1 saturated carbocycles. The second-order valence-corrected chi connectivity index (χ2v) is 11.7. The zero-order valence-corrected chi connectivity index (χ0v) is 24.1. The lowest BCUT2D eigenvalue weighted by atomic mass is 9.77. The molecule has 0 bridgehead atoms. The van der Waals surface area contributed by atoms with Crippen LogP contribution in [-0.4, -0.2) is 39.0 Å². The van der Waals surface area contributed by atoms with Gasteiger partial charge in [0.15, 0.2) is 5.69 Å². The number of cyclic esters (lactones) is 1. The Bertz CT molecular complexity index is 1600. The number of halogens is 1. The highest BCUT2D eigenvalue weighted by molar-refractivity contribution is 6.30. The molecule has 1 unspecified atom stereocenters. The lowest BCUT2D eigenvalue weighted by Crippen LogP contribution is -2.37. The number of nitrogens with one attached hydrogen (secondary N) is 1. The van der Waals surface area contributed by atoms with E-state index >= 15 is 0 Å². The van der Waals surface area contributed by atoms with Crippen molar-refractivity contribution in [1.29, 1.82) is 0 Å². The Balaban J connectivity index is 1.55. The van der Waals surface area contributed by atoms with Gasteiger partial charge in [-0.25, -0.2) is 0 Å². The summed E-state index contributed by atoms with van der Waals surface area (Å²) in [5, 5.41) is 19.3. The lowest BCUT2D eigenvalue weighted by molar-refractivity contribution is -0.149. The summed E-state index contributed by atoms with van der Waals surface area (Å²) in [6.07, 6.45) is 5.06. The predicted molar refractivity (Wildman–Crippen MR) is 156 cm³/mol. The van der Waals surface area contributed by atoms with Crippen LogP contribution in [0.2, 0.25) is 5.02 Å². The minimum absolute atomic E-state index is 0.0318. The van der Waals surface area contributed by atoms with Gasteiger partial charge in [0, 0.05) is 25.0 Å². The third kappa shape index (κ3) is 6.47. The van der Waals surface area contributed by atoms with Gasteiger partial charge in [-0.05, 0) is 79.3 Å². The zero-order valence-electron chi connectivity index (χ0n) is 23.3. The van der Waals surface area contributed by atoms with Crippen LogP contribution in [0.3, 0.4) is 0 Å². The number of aryl methyl sites for hydroxylation is 1. The summed E-state index contributed by atoms with van der Waals surface area (Å²) in [6.45, 7) is 2.60. The maximum Gasteiger partial charge on any atom is 0.306 e. The first-order valence-electron chi connectivity index (χ1n) is 14.1. The normalized spacial score (nSPS) is 22.5. The molecule has 1 aliphatic heterocycles. The summed E-state index contributed by atoms with van der Waals surface area (Å²) in [5.74, 6) is 5.60. The van der Waals surface area contributed by atoms with E-state index < -0.39 is 16.9 Å². The summed E-state index contributed by atoms with van der Waals surface area (Å²) >= 11 is 5.95. The molecule has 1 aromatic heterocycles. The molecule has 2 aromatic carbocycles. The fourth-order valence-electron chi connectivity index (χ4n) is 5.75. The number of aliphatic hydroxyl groups is 1. The Labute approximate surface area is 244 Å². The molecule has 2 fully saturated rings. The van der Waals surface area contributed by atoms with Gasteiger partial charge in [-0.15, -0.1) is 0 Å². The Kier molecular flexibility index (Phi) is 8.48. The van der Waals surface area contributed by atoms with E-state index in [-0.39, 0.29) is 30.0 Å². The molecule has 3 atom stereocenters. The minimum Gasteiger partial charge on any atom is -0.466 e. The second-order valence-electron chi connectivity index (χ2n) is 11.3. The average Bonchev–Trinajstić information content (AvgIpc) is 2.95. The van der Waals surface area contributed by atoms with Crippen LogP contribution in [0.1, 0.15) is 72.6 Å². The van der Waals surface area contributed by atoms with E-state index in [0.717, 1.165) is 36.8 Å². The Morgan fingerprint density at radius 3 is 2.71 bits per heavy atom. The van der Waals surface area contributed by atoms with E-state index in [1.807, 2.05) is 13.0 Å². The smallest absolute Gasteiger partial charge is 0.306 e. The van der Waals surface area contributed by atoms with Gasteiger partial charge < -0.3 is 15.2 Å². The number of benzene rings is 2. The monoisotopic (exact) mass is 575 g/mol. The molecule has 2 aliphatic rings. The van der Waals surface area contributed by atoms with Crippen LogP contribution in [0.15, 0.2) is 41.2 Å². The van der Waals surface area contributed by atoms with Crippen LogP contribution in [0, 0.1) is 23.7 Å². The first-order valence-corrected chi connectivity index (χ1v) is 14.5. The fourth-order valence-corrected chi connectivity index (χ4v) is 5.88. The van der Waals surface area contributed by atoms with Crippen molar-refractivity contribution in [3.63, 3.8) is 0 Å². The predicted octanol–water partition coefficient (Wildman–Crippen LogP) is 4.31. The molecule has 1 amide bonds. The van der Waals surface area contributed by atoms with E-state index in [0.29, 0.717) is 47.4 Å². The van der Waals surface area contributed by atoms with Crippen molar-refractivity contribution in [2.75, 3.05) is 6.61 Å². The second kappa shape index (κ2) is 12.1. The highest BCUT2D eigenvalue weighted by atomic mass is 35.5. The number of nitrogens with zero attached hydrogens (tertiary/aromatic N) is 2.